The molecule has 13 heteroatoms. The van der Waals surface area contributed by atoms with Crippen molar-refractivity contribution in [2.75, 3.05) is 31.6 Å². The van der Waals surface area contributed by atoms with E-state index in [2.05, 4.69) is 15.6 Å². The molecule has 1 aromatic heterocycles. The lowest BCUT2D eigenvalue weighted by Gasteiger charge is -2.31. The summed E-state index contributed by atoms with van der Waals surface area (Å²) in [5.41, 5.74) is 4.64. The summed E-state index contributed by atoms with van der Waals surface area (Å²) in [7, 11) is -4.20. The van der Waals surface area contributed by atoms with Crippen molar-refractivity contribution in [2.45, 2.75) is 56.1 Å². The number of aromatic nitrogens is 1. The van der Waals surface area contributed by atoms with Crippen molar-refractivity contribution in [1.82, 2.24) is 14.6 Å². The molecule has 5 atom stereocenters. The van der Waals surface area contributed by atoms with Crippen molar-refractivity contribution >= 4 is 39.4 Å². The first-order chi connectivity index (χ1) is 26.0. The number of ether oxygens (including phenoxy) is 3. The Morgan fingerprint density at radius 1 is 1.04 bits per heavy atom. The van der Waals surface area contributed by atoms with Crippen LogP contribution in [0.5, 0.6) is 0 Å². The topological polar surface area (TPSA) is 156 Å². The van der Waals surface area contributed by atoms with E-state index in [0.29, 0.717) is 29.9 Å². The number of amides is 2. The number of carbonyl (C=O) groups is 2. The Kier molecular flexibility index (Phi) is 11.2. The van der Waals surface area contributed by atoms with E-state index in [9.17, 15) is 23.1 Å². The summed E-state index contributed by atoms with van der Waals surface area (Å²) < 4.78 is 47.0. The fraction of sp³-hybridized carbons (Fsp3) is 0.341. The van der Waals surface area contributed by atoms with E-state index in [4.69, 9.17) is 14.2 Å². The second-order valence-corrected chi connectivity index (χ2v) is 16.2. The summed E-state index contributed by atoms with van der Waals surface area (Å²) in [5.74, 6) is -0.501. The van der Waals surface area contributed by atoms with E-state index in [1.54, 1.807) is 18.3 Å². The first-order valence-corrected chi connectivity index (χ1v) is 19.6. The van der Waals surface area contributed by atoms with Gasteiger partial charge >= 0.3 is 6.09 Å². The van der Waals surface area contributed by atoms with E-state index >= 15 is 0 Å². The minimum Gasteiger partial charge on any atom is -0.443 e. The van der Waals surface area contributed by atoms with Gasteiger partial charge in [0.25, 0.3) is 5.91 Å². The van der Waals surface area contributed by atoms with Gasteiger partial charge in [-0.15, -0.1) is 0 Å². The van der Waals surface area contributed by atoms with Crippen LogP contribution in [0.4, 0.5) is 10.5 Å². The maximum absolute atomic E-state index is 14.4. The number of nitrogens with one attached hydrogen (secondary N) is 2. The predicted octanol–water partition coefficient (Wildman–Crippen LogP) is 5.35. The average Bonchev–Trinajstić information content (AvgIpc) is 3.87. The summed E-state index contributed by atoms with van der Waals surface area (Å²) in [6, 6.07) is 26.3. The van der Waals surface area contributed by atoms with Gasteiger partial charge in [-0.3, -0.25) is 9.78 Å². The van der Waals surface area contributed by atoms with Crippen LogP contribution in [0.25, 0.3) is 22.9 Å². The number of benzene rings is 3. The summed E-state index contributed by atoms with van der Waals surface area (Å²) in [6.07, 6.45) is 1.47. The van der Waals surface area contributed by atoms with Crippen molar-refractivity contribution in [3.8, 4) is 11.3 Å². The molecular formula is C41H44N4O8S. The molecule has 7 rings (SSSR count). The Bertz CT molecular complexity index is 2090. The molecule has 3 unspecified atom stereocenters. The van der Waals surface area contributed by atoms with E-state index in [0.717, 1.165) is 22.4 Å². The molecular weight excluding hydrogens is 709 g/mol. The van der Waals surface area contributed by atoms with Crippen molar-refractivity contribution < 1.29 is 37.3 Å². The molecule has 3 N–H and O–H groups in total. The molecule has 0 saturated carbocycles. The number of pyridine rings is 1. The fourth-order valence-electron chi connectivity index (χ4n) is 7.11. The molecule has 3 aliphatic heterocycles. The van der Waals surface area contributed by atoms with Crippen LogP contribution in [0.3, 0.4) is 0 Å². The highest BCUT2D eigenvalue weighted by Gasteiger charge is 2.44. The Morgan fingerprint density at radius 2 is 1.81 bits per heavy atom. The lowest BCUT2D eigenvalue weighted by atomic mass is 10.0. The Labute approximate surface area is 315 Å². The van der Waals surface area contributed by atoms with Crippen LogP contribution in [0.2, 0.25) is 0 Å². The van der Waals surface area contributed by atoms with Gasteiger partial charge in [-0.05, 0) is 66.3 Å². The zero-order chi connectivity index (χ0) is 37.8. The van der Waals surface area contributed by atoms with Crippen LogP contribution < -0.4 is 10.6 Å². The molecule has 0 spiro atoms. The van der Waals surface area contributed by atoms with Gasteiger partial charge in [0, 0.05) is 41.7 Å². The molecule has 12 nitrogen and oxygen atoms in total. The van der Waals surface area contributed by atoms with Crippen LogP contribution in [-0.4, -0.2) is 85.7 Å². The number of nitrogens with zero attached hydrogens (tertiary/aromatic N) is 2. The quantitative estimate of drug-likeness (QED) is 0.153. The van der Waals surface area contributed by atoms with Gasteiger partial charge in [-0.25, -0.2) is 13.2 Å². The lowest BCUT2D eigenvalue weighted by molar-refractivity contribution is -0.110. The first-order valence-electron chi connectivity index (χ1n) is 18.2. The highest BCUT2D eigenvalue weighted by Crippen LogP contribution is 2.36. The molecule has 2 fully saturated rings. The fourth-order valence-corrected chi connectivity index (χ4v) is 8.75. The number of carbonyl (C=O) groups excluding carboxylic acids is 2. The van der Waals surface area contributed by atoms with Crippen molar-refractivity contribution in [3.05, 3.63) is 114 Å². The number of rotatable bonds is 13. The second-order valence-electron chi connectivity index (χ2n) is 14.2. The standard InChI is InChI=1S/C41H44N4O8S/c1-26(2)23-45(24-37(46)36(21-27-8-4-3-5-9-27)44-41(48)53-38-25-52-40-31(38)17-19-51-40)54(49,50)30-15-16-35-32(22-30)33(39(47)43-35)20-28-11-13-29(14-12-28)34-10-6-7-18-42-34/h3-16,18,20,22,26,31,36-38,40,46H,17,19,21,23-25H2,1-2H3,(H,43,47)(H,44,48)/b33-20-/t31?,36-,37+,38?,40?/m0/s1. The van der Waals surface area contributed by atoms with Crippen LogP contribution in [-0.2, 0) is 35.4 Å². The van der Waals surface area contributed by atoms with Gasteiger partial charge in [0.2, 0.25) is 10.0 Å². The van der Waals surface area contributed by atoms with Gasteiger partial charge in [0.05, 0.1) is 41.9 Å². The molecule has 0 radical (unpaired) electrons. The van der Waals surface area contributed by atoms with Crippen LogP contribution in [0.1, 0.15) is 37.0 Å². The number of hydrogen-bond acceptors (Lipinski definition) is 9. The summed E-state index contributed by atoms with van der Waals surface area (Å²) in [5, 5.41) is 17.4. The normalized spacial score (nSPS) is 21.2. The molecule has 4 aromatic rings. The summed E-state index contributed by atoms with van der Waals surface area (Å²) >= 11 is 0. The third-order valence-corrected chi connectivity index (χ3v) is 11.7. The SMILES string of the molecule is CC(C)CN(C[C@@H](O)[C@H](Cc1ccccc1)NC(=O)OC1COC2OCCC12)S(=O)(=O)c1ccc2c(c1)/C(=C/c1ccc(-c3ccccn3)cc1)C(=O)N2. The number of fused-ring (bicyclic) bond motifs is 2. The number of aliphatic hydroxyl groups excluding tert-OH is 1. The highest BCUT2D eigenvalue weighted by atomic mass is 32.2. The first kappa shape index (κ1) is 37.4. The van der Waals surface area contributed by atoms with Gasteiger partial charge in [-0.2, -0.15) is 4.31 Å². The number of alkyl carbamates (subject to hydrolysis) is 1. The second kappa shape index (κ2) is 16.2. The smallest absolute Gasteiger partial charge is 0.407 e. The van der Waals surface area contributed by atoms with Gasteiger partial charge < -0.3 is 30.0 Å². The summed E-state index contributed by atoms with van der Waals surface area (Å²) in [6.45, 7) is 4.32. The number of sulfonamides is 1. The van der Waals surface area contributed by atoms with E-state index in [1.165, 1.54) is 16.4 Å². The van der Waals surface area contributed by atoms with Gasteiger partial charge in [0.1, 0.15) is 6.10 Å². The zero-order valence-electron chi connectivity index (χ0n) is 30.1. The Morgan fingerprint density at radius 3 is 2.56 bits per heavy atom. The molecule has 3 aliphatic rings. The minimum atomic E-state index is -4.20. The number of hydrogen-bond donors (Lipinski definition) is 3. The summed E-state index contributed by atoms with van der Waals surface area (Å²) in [4.78, 5) is 30.7. The zero-order valence-corrected chi connectivity index (χ0v) is 30.9. The van der Waals surface area contributed by atoms with Crippen LogP contribution in [0.15, 0.2) is 102 Å². The molecule has 3 aromatic carbocycles. The Hall–Kier alpha value is -4.92. The average molecular weight is 753 g/mol. The molecule has 2 saturated heterocycles. The van der Waals surface area contributed by atoms with Crippen molar-refractivity contribution in [1.29, 1.82) is 0 Å². The van der Waals surface area contributed by atoms with Gasteiger partial charge in [0.15, 0.2) is 6.29 Å². The largest absolute Gasteiger partial charge is 0.443 e. The van der Waals surface area contributed by atoms with Crippen molar-refractivity contribution in [3.63, 3.8) is 0 Å². The Balaban J connectivity index is 1.12. The minimum absolute atomic E-state index is 0.0245. The number of anilines is 1. The monoisotopic (exact) mass is 752 g/mol. The maximum atomic E-state index is 14.4. The third kappa shape index (κ3) is 8.40. The van der Waals surface area contributed by atoms with E-state index < -0.39 is 40.7 Å². The maximum Gasteiger partial charge on any atom is 0.407 e. The van der Waals surface area contributed by atoms with Gasteiger partial charge in [-0.1, -0.05) is 74.5 Å². The van der Waals surface area contributed by atoms with Crippen molar-refractivity contribution in [2.24, 2.45) is 11.8 Å². The molecule has 0 bridgehead atoms. The lowest BCUT2D eigenvalue weighted by Crippen LogP contribution is -2.51. The van der Waals surface area contributed by atoms with Crippen LogP contribution >= 0.6 is 0 Å². The predicted molar refractivity (Wildman–Crippen MR) is 203 cm³/mol. The molecule has 54 heavy (non-hydrogen) atoms. The molecule has 282 valence electrons. The van der Waals surface area contributed by atoms with E-state index in [1.807, 2.05) is 86.6 Å². The van der Waals surface area contributed by atoms with Crippen LogP contribution in [0, 0.1) is 11.8 Å². The number of aliphatic hydroxyl groups is 1. The third-order valence-electron chi connectivity index (χ3n) is 9.86. The molecule has 2 amide bonds. The highest BCUT2D eigenvalue weighted by molar-refractivity contribution is 7.89. The molecule has 4 heterocycles. The molecule has 0 aliphatic carbocycles. The van der Waals surface area contributed by atoms with E-state index in [-0.39, 0.29) is 48.8 Å².